The topological polar surface area (TPSA) is 63.2 Å². The van der Waals surface area contributed by atoms with Crippen LogP contribution in [0.2, 0.25) is 0 Å². The van der Waals surface area contributed by atoms with Crippen LogP contribution >= 0.6 is 0 Å². The van der Waals surface area contributed by atoms with E-state index in [4.69, 9.17) is 9.47 Å². The number of hydrogen-bond acceptors (Lipinski definition) is 5. The Morgan fingerprint density at radius 1 is 0.929 bits per heavy atom. The SMILES string of the molecule is COc1cc(OC)cc(C(=O)N/N=C(\C)c2ccc(N3CCCCC3)cc2)c1. The highest BCUT2D eigenvalue weighted by atomic mass is 16.5. The number of methoxy groups -OCH3 is 2. The zero-order valence-electron chi connectivity index (χ0n) is 16.7. The standard InChI is InChI=1S/C22H27N3O3/c1-16(17-7-9-19(10-8-17)25-11-5-4-6-12-25)23-24-22(26)18-13-20(27-2)15-21(14-18)28-3/h7-10,13-15H,4-6,11-12H2,1-3H3,(H,24,26)/b23-16+. The number of hydrazone groups is 1. The van der Waals surface area contributed by atoms with E-state index >= 15 is 0 Å². The Bertz CT molecular complexity index is 818. The summed E-state index contributed by atoms with van der Waals surface area (Å²) in [5.41, 5.74) is 5.99. The Labute approximate surface area is 166 Å². The summed E-state index contributed by atoms with van der Waals surface area (Å²) >= 11 is 0. The molecule has 0 saturated carbocycles. The van der Waals surface area contributed by atoms with Crippen LogP contribution in [0.4, 0.5) is 5.69 Å². The van der Waals surface area contributed by atoms with Crippen molar-refractivity contribution in [1.29, 1.82) is 0 Å². The van der Waals surface area contributed by atoms with E-state index in [1.807, 2.05) is 19.1 Å². The molecule has 0 radical (unpaired) electrons. The van der Waals surface area contributed by atoms with Gasteiger partial charge in [0.05, 0.1) is 19.9 Å². The summed E-state index contributed by atoms with van der Waals surface area (Å²) in [7, 11) is 3.10. The zero-order chi connectivity index (χ0) is 19.9. The molecule has 1 aliphatic rings. The number of benzene rings is 2. The minimum atomic E-state index is -0.318. The first kappa shape index (κ1) is 19.7. The molecule has 0 unspecified atom stereocenters. The number of ether oxygens (including phenoxy) is 2. The number of rotatable bonds is 6. The van der Waals surface area contributed by atoms with Crippen molar-refractivity contribution in [1.82, 2.24) is 5.43 Å². The van der Waals surface area contributed by atoms with Crippen LogP contribution in [-0.4, -0.2) is 38.9 Å². The van der Waals surface area contributed by atoms with E-state index < -0.39 is 0 Å². The number of nitrogens with one attached hydrogen (secondary N) is 1. The number of anilines is 1. The first-order valence-corrected chi connectivity index (χ1v) is 9.54. The third-order valence-corrected chi connectivity index (χ3v) is 4.95. The lowest BCUT2D eigenvalue weighted by molar-refractivity contribution is 0.0954. The average Bonchev–Trinajstić information content (AvgIpc) is 2.77. The van der Waals surface area contributed by atoms with Crippen LogP contribution in [-0.2, 0) is 0 Å². The molecule has 3 rings (SSSR count). The minimum Gasteiger partial charge on any atom is -0.497 e. The highest BCUT2D eigenvalue weighted by Crippen LogP contribution is 2.23. The van der Waals surface area contributed by atoms with Gasteiger partial charge < -0.3 is 14.4 Å². The smallest absolute Gasteiger partial charge is 0.271 e. The molecule has 2 aromatic carbocycles. The van der Waals surface area contributed by atoms with Crippen molar-refractivity contribution in [3.63, 3.8) is 0 Å². The fourth-order valence-corrected chi connectivity index (χ4v) is 3.27. The van der Waals surface area contributed by atoms with E-state index in [-0.39, 0.29) is 5.91 Å². The lowest BCUT2D eigenvalue weighted by atomic mass is 10.1. The summed E-state index contributed by atoms with van der Waals surface area (Å²) in [6.45, 7) is 4.11. The lowest BCUT2D eigenvalue weighted by Gasteiger charge is -2.28. The molecule has 2 aromatic rings. The normalized spacial score (nSPS) is 14.5. The summed E-state index contributed by atoms with van der Waals surface area (Å²) in [5.74, 6) is 0.790. The predicted octanol–water partition coefficient (Wildman–Crippen LogP) is 3.85. The highest BCUT2D eigenvalue weighted by molar-refractivity contribution is 6.01. The third-order valence-electron chi connectivity index (χ3n) is 4.95. The Hall–Kier alpha value is -3.02. The highest BCUT2D eigenvalue weighted by Gasteiger charge is 2.12. The molecule has 0 spiro atoms. The molecule has 148 valence electrons. The van der Waals surface area contributed by atoms with Gasteiger partial charge in [-0.2, -0.15) is 5.10 Å². The monoisotopic (exact) mass is 381 g/mol. The maximum absolute atomic E-state index is 12.4. The molecular weight excluding hydrogens is 354 g/mol. The van der Waals surface area contributed by atoms with E-state index in [1.165, 1.54) is 24.9 Å². The molecule has 0 atom stereocenters. The van der Waals surface area contributed by atoms with Crippen LogP contribution in [0.5, 0.6) is 11.5 Å². The second-order valence-corrected chi connectivity index (χ2v) is 6.83. The number of piperidine rings is 1. The molecular formula is C22H27N3O3. The lowest BCUT2D eigenvalue weighted by Crippen LogP contribution is -2.29. The summed E-state index contributed by atoms with van der Waals surface area (Å²) in [6.07, 6.45) is 3.83. The van der Waals surface area contributed by atoms with Gasteiger partial charge in [-0.15, -0.1) is 0 Å². The molecule has 6 heteroatoms. The van der Waals surface area contributed by atoms with Gasteiger partial charge in [-0.25, -0.2) is 5.43 Å². The van der Waals surface area contributed by atoms with Crippen LogP contribution in [0.1, 0.15) is 42.1 Å². The maximum atomic E-state index is 12.4. The van der Waals surface area contributed by atoms with Crippen molar-refractivity contribution in [3.8, 4) is 11.5 Å². The van der Waals surface area contributed by atoms with Gasteiger partial charge in [0.25, 0.3) is 5.91 Å². The Morgan fingerprint density at radius 3 is 2.11 bits per heavy atom. The largest absolute Gasteiger partial charge is 0.497 e. The van der Waals surface area contributed by atoms with E-state index in [9.17, 15) is 4.79 Å². The van der Waals surface area contributed by atoms with Crippen LogP contribution < -0.4 is 19.8 Å². The van der Waals surface area contributed by atoms with Crippen LogP contribution in [0.3, 0.4) is 0 Å². The second-order valence-electron chi connectivity index (χ2n) is 6.83. The first-order valence-electron chi connectivity index (χ1n) is 9.54. The van der Waals surface area contributed by atoms with Crippen molar-refractivity contribution in [2.24, 2.45) is 5.10 Å². The number of carbonyl (C=O) groups is 1. The fourth-order valence-electron chi connectivity index (χ4n) is 3.27. The summed E-state index contributed by atoms with van der Waals surface area (Å²) in [4.78, 5) is 14.9. The van der Waals surface area contributed by atoms with Crippen molar-refractivity contribution in [2.75, 3.05) is 32.2 Å². The summed E-state index contributed by atoms with van der Waals surface area (Å²) in [5, 5.41) is 4.25. The molecule has 1 N–H and O–H groups in total. The number of hydrogen-bond donors (Lipinski definition) is 1. The molecule has 1 saturated heterocycles. The fraction of sp³-hybridized carbons (Fsp3) is 0.364. The summed E-state index contributed by atoms with van der Waals surface area (Å²) in [6, 6.07) is 13.3. The van der Waals surface area contributed by atoms with Gasteiger partial charge >= 0.3 is 0 Å². The van der Waals surface area contributed by atoms with Gasteiger partial charge in [0, 0.05) is 30.4 Å². The molecule has 1 amide bonds. The van der Waals surface area contributed by atoms with Crippen molar-refractivity contribution in [2.45, 2.75) is 26.2 Å². The molecule has 0 bridgehead atoms. The third kappa shape index (κ3) is 4.82. The first-order chi connectivity index (χ1) is 13.6. The van der Waals surface area contributed by atoms with Crippen LogP contribution in [0.15, 0.2) is 47.6 Å². The van der Waals surface area contributed by atoms with E-state index in [2.05, 4.69) is 27.6 Å². The average molecular weight is 381 g/mol. The molecule has 6 nitrogen and oxygen atoms in total. The molecule has 1 fully saturated rings. The van der Waals surface area contributed by atoms with E-state index in [0.717, 1.165) is 24.4 Å². The van der Waals surface area contributed by atoms with Gasteiger partial charge in [-0.1, -0.05) is 12.1 Å². The van der Waals surface area contributed by atoms with Gasteiger partial charge in [0.15, 0.2) is 0 Å². The maximum Gasteiger partial charge on any atom is 0.271 e. The van der Waals surface area contributed by atoms with Crippen molar-refractivity contribution < 1.29 is 14.3 Å². The Morgan fingerprint density at radius 2 is 1.54 bits per heavy atom. The second kappa shape index (κ2) is 9.26. The molecule has 1 aliphatic heterocycles. The Balaban J connectivity index is 1.67. The number of carbonyl (C=O) groups excluding carboxylic acids is 1. The quantitative estimate of drug-likeness (QED) is 0.610. The van der Waals surface area contributed by atoms with E-state index in [1.54, 1.807) is 32.4 Å². The molecule has 28 heavy (non-hydrogen) atoms. The molecule has 0 aliphatic carbocycles. The van der Waals surface area contributed by atoms with Gasteiger partial charge in [0.1, 0.15) is 11.5 Å². The van der Waals surface area contributed by atoms with Gasteiger partial charge in [-0.3, -0.25) is 4.79 Å². The number of nitrogens with zero attached hydrogens (tertiary/aromatic N) is 2. The van der Waals surface area contributed by atoms with Gasteiger partial charge in [-0.05, 0) is 56.0 Å². The van der Waals surface area contributed by atoms with Crippen LogP contribution in [0.25, 0.3) is 0 Å². The molecule has 0 aromatic heterocycles. The Kier molecular flexibility index (Phi) is 6.53. The number of amides is 1. The van der Waals surface area contributed by atoms with Crippen molar-refractivity contribution in [3.05, 3.63) is 53.6 Å². The van der Waals surface area contributed by atoms with Crippen molar-refractivity contribution >= 4 is 17.3 Å². The van der Waals surface area contributed by atoms with E-state index in [0.29, 0.717) is 17.1 Å². The minimum absolute atomic E-state index is 0.318. The summed E-state index contributed by atoms with van der Waals surface area (Å²) < 4.78 is 10.4. The molecule has 1 heterocycles. The van der Waals surface area contributed by atoms with Gasteiger partial charge in [0.2, 0.25) is 0 Å². The predicted molar refractivity (Wildman–Crippen MR) is 112 cm³/mol. The zero-order valence-corrected chi connectivity index (χ0v) is 16.7. The van der Waals surface area contributed by atoms with Crippen LogP contribution in [0, 0.1) is 0 Å².